The zero-order chi connectivity index (χ0) is 10.8. The zero-order valence-electron chi connectivity index (χ0n) is 9.46. The summed E-state index contributed by atoms with van der Waals surface area (Å²) in [6.45, 7) is 6.96. The minimum Gasteiger partial charge on any atom is -0.371 e. The molecule has 0 spiro atoms. The van der Waals surface area contributed by atoms with Crippen molar-refractivity contribution in [2.75, 3.05) is 18.0 Å². The molecule has 2 heteroatoms. The van der Waals surface area contributed by atoms with E-state index in [9.17, 15) is 0 Å². The van der Waals surface area contributed by atoms with Crippen molar-refractivity contribution >= 4 is 21.6 Å². The van der Waals surface area contributed by atoms with Crippen LogP contribution in [-0.2, 0) is 0 Å². The smallest absolute Gasteiger partial charge is 0.0407 e. The van der Waals surface area contributed by atoms with Gasteiger partial charge in [0.05, 0.1) is 0 Å². The predicted molar refractivity (Wildman–Crippen MR) is 69.5 cm³/mol. The molecular formula is C13H18BrN. The van der Waals surface area contributed by atoms with E-state index in [1.165, 1.54) is 41.7 Å². The van der Waals surface area contributed by atoms with Gasteiger partial charge in [-0.2, -0.15) is 0 Å². The first-order valence-electron chi connectivity index (χ1n) is 5.68. The Balaban J connectivity index is 2.19. The molecule has 0 atom stereocenters. The van der Waals surface area contributed by atoms with Gasteiger partial charge in [0.15, 0.2) is 0 Å². The van der Waals surface area contributed by atoms with E-state index >= 15 is 0 Å². The molecule has 0 bridgehead atoms. The lowest BCUT2D eigenvalue weighted by Gasteiger charge is -2.33. The quantitative estimate of drug-likeness (QED) is 0.744. The summed E-state index contributed by atoms with van der Waals surface area (Å²) < 4.78 is 1.22. The van der Waals surface area contributed by atoms with E-state index in [0.717, 1.165) is 5.92 Å². The molecular weight excluding hydrogens is 250 g/mol. The highest BCUT2D eigenvalue weighted by Crippen LogP contribution is 2.29. The number of benzene rings is 1. The monoisotopic (exact) mass is 267 g/mol. The van der Waals surface area contributed by atoms with Crippen molar-refractivity contribution < 1.29 is 0 Å². The summed E-state index contributed by atoms with van der Waals surface area (Å²) in [6, 6.07) is 6.48. The molecule has 0 radical (unpaired) electrons. The normalized spacial score (nSPS) is 18.2. The van der Waals surface area contributed by atoms with Crippen LogP contribution in [0.15, 0.2) is 22.7 Å². The van der Waals surface area contributed by atoms with Crippen LogP contribution in [-0.4, -0.2) is 13.1 Å². The lowest BCUT2D eigenvalue weighted by atomic mass is 9.98. The van der Waals surface area contributed by atoms with Crippen molar-refractivity contribution in [2.45, 2.75) is 26.7 Å². The fraction of sp³-hybridized carbons (Fsp3) is 0.538. The van der Waals surface area contributed by atoms with Crippen molar-refractivity contribution in [2.24, 2.45) is 5.92 Å². The molecule has 1 aliphatic heterocycles. The van der Waals surface area contributed by atoms with Gasteiger partial charge in [-0.25, -0.2) is 0 Å². The van der Waals surface area contributed by atoms with Crippen LogP contribution in [0.5, 0.6) is 0 Å². The van der Waals surface area contributed by atoms with Crippen LogP contribution in [0, 0.1) is 12.8 Å². The lowest BCUT2D eigenvalue weighted by molar-refractivity contribution is 0.438. The molecule has 1 fully saturated rings. The summed E-state index contributed by atoms with van der Waals surface area (Å²) in [5.41, 5.74) is 2.77. The Morgan fingerprint density at radius 2 is 1.93 bits per heavy atom. The van der Waals surface area contributed by atoms with Gasteiger partial charge in [-0.15, -0.1) is 0 Å². The van der Waals surface area contributed by atoms with E-state index in [-0.39, 0.29) is 0 Å². The van der Waals surface area contributed by atoms with Gasteiger partial charge in [0.1, 0.15) is 0 Å². The number of piperidine rings is 1. The van der Waals surface area contributed by atoms with Gasteiger partial charge in [-0.05, 0) is 43.4 Å². The molecule has 82 valence electrons. The Bertz CT molecular complexity index is 340. The second-order valence-electron chi connectivity index (χ2n) is 4.55. The van der Waals surface area contributed by atoms with Gasteiger partial charge in [-0.1, -0.05) is 28.9 Å². The first kappa shape index (κ1) is 11.0. The van der Waals surface area contributed by atoms with Crippen LogP contribution < -0.4 is 4.90 Å². The Morgan fingerprint density at radius 1 is 1.27 bits per heavy atom. The van der Waals surface area contributed by atoms with E-state index in [4.69, 9.17) is 0 Å². The third-order valence-corrected chi connectivity index (χ3v) is 4.22. The molecule has 0 unspecified atom stereocenters. The maximum absolute atomic E-state index is 3.60. The van der Waals surface area contributed by atoms with Crippen molar-refractivity contribution in [3.05, 3.63) is 28.2 Å². The number of nitrogens with zero attached hydrogens (tertiary/aromatic N) is 1. The maximum atomic E-state index is 3.60. The van der Waals surface area contributed by atoms with Crippen molar-refractivity contribution in [3.8, 4) is 0 Å². The standard InChI is InChI=1S/C13H18BrN/c1-10-6-8-15(9-7-10)13-5-3-4-12(14)11(13)2/h3-5,10H,6-9H2,1-2H3. The predicted octanol–water partition coefficient (Wildman–Crippen LogP) is 3.99. The SMILES string of the molecule is Cc1c(Br)cccc1N1CCC(C)CC1. The van der Waals surface area contributed by atoms with E-state index in [2.05, 4.69) is 52.9 Å². The molecule has 1 aromatic rings. The number of rotatable bonds is 1. The summed E-state index contributed by atoms with van der Waals surface area (Å²) in [4.78, 5) is 2.51. The average molecular weight is 268 g/mol. The van der Waals surface area contributed by atoms with Crippen LogP contribution in [0.3, 0.4) is 0 Å². The fourth-order valence-electron chi connectivity index (χ4n) is 2.19. The Morgan fingerprint density at radius 3 is 2.60 bits per heavy atom. The first-order valence-corrected chi connectivity index (χ1v) is 6.48. The molecule has 1 aliphatic rings. The van der Waals surface area contributed by atoms with E-state index in [1.54, 1.807) is 0 Å². The van der Waals surface area contributed by atoms with Crippen LogP contribution in [0.1, 0.15) is 25.3 Å². The third kappa shape index (κ3) is 2.36. The molecule has 1 saturated heterocycles. The Kier molecular flexibility index (Phi) is 3.35. The molecule has 0 saturated carbocycles. The minimum absolute atomic E-state index is 0.897. The van der Waals surface area contributed by atoms with Crippen LogP contribution in [0.4, 0.5) is 5.69 Å². The van der Waals surface area contributed by atoms with Crippen molar-refractivity contribution in [3.63, 3.8) is 0 Å². The number of hydrogen-bond donors (Lipinski definition) is 0. The van der Waals surface area contributed by atoms with E-state index < -0.39 is 0 Å². The molecule has 0 aromatic heterocycles. The Hall–Kier alpha value is -0.500. The highest BCUT2D eigenvalue weighted by molar-refractivity contribution is 9.10. The molecule has 1 aromatic carbocycles. The molecule has 0 amide bonds. The summed E-state index contributed by atoms with van der Waals surface area (Å²) in [7, 11) is 0. The van der Waals surface area contributed by atoms with Crippen molar-refractivity contribution in [1.82, 2.24) is 0 Å². The molecule has 1 heterocycles. The highest BCUT2D eigenvalue weighted by atomic mass is 79.9. The summed E-state index contributed by atoms with van der Waals surface area (Å²) in [6.07, 6.45) is 2.65. The molecule has 0 aliphatic carbocycles. The third-order valence-electron chi connectivity index (χ3n) is 3.36. The Labute approximate surface area is 101 Å². The maximum Gasteiger partial charge on any atom is 0.0407 e. The fourth-order valence-corrected chi connectivity index (χ4v) is 2.54. The van der Waals surface area contributed by atoms with Crippen LogP contribution >= 0.6 is 15.9 Å². The van der Waals surface area contributed by atoms with Gasteiger partial charge >= 0.3 is 0 Å². The molecule has 1 nitrogen and oxygen atoms in total. The second-order valence-corrected chi connectivity index (χ2v) is 5.41. The lowest BCUT2D eigenvalue weighted by Crippen LogP contribution is -2.33. The summed E-state index contributed by atoms with van der Waals surface area (Å²) in [5.74, 6) is 0.897. The minimum atomic E-state index is 0.897. The highest BCUT2D eigenvalue weighted by Gasteiger charge is 2.17. The summed E-state index contributed by atoms with van der Waals surface area (Å²) in [5, 5.41) is 0. The zero-order valence-corrected chi connectivity index (χ0v) is 11.0. The topological polar surface area (TPSA) is 3.24 Å². The van der Waals surface area contributed by atoms with Crippen LogP contribution in [0.25, 0.3) is 0 Å². The van der Waals surface area contributed by atoms with Gasteiger partial charge in [0.25, 0.3) is 0 Å². The van der Waals surface area contributed by atoms with Gasteiger partial charge in [-0.3, -0.25) is 0 Å². The summed E-state index contributed by atoms with van der Waals surface area (Å²) >= 11 is 3.60. The number of halogens is 1. The van der Waals surface area contributed by atoms with Gasteiger partial charge in [0.2, 0.25) is 0 Å². The molecule has 15 heavy (non-hydrogen) atoms. The van der Waals surface area contributed by atoms with Crippen LogP contribution in [0.2, 0.25) is 0 Å². The number of hydrogen-bond acceptors (Lipinski definition) is 1. The van der Waals surface area contributed by atoms with Gasteiger partial charge < -0.3 is 4.90 Å². The molecule has 0 N–H and O–H groups in total. The van der Waals surface area contributed by atoms with E-state index in [1.807, 2.05) is 0 Å². The largest absolute Gasteiger partial charge is 0.371 e. The van der Waals surface area contributed by atoms with Gasteiger partial charge in [0, 0.05) is 23.2 Å². The second kappa shape index (κ2) is 4.56. The first-order chi connectivity index (χ1) is 7.18. The molecule has 2 rings (SSSR count). The van der Waals surface area contributed by atoms with Crippen molar-refractivity contribution in [1.29, 1.82) is 0 Å². The van der Waals surface area contributed by atoms with E-state index in [0.29, 0.717) is 0 Å². The number of anilines is 1. The average Bonchev–Trinajstić information content (AvgIpc) is 2.24.